The molecule has 4 rings (SSSR count). The van der Waals surface area contributed by atoms with Crippen LogP contribution in [0.5, 0.6) is 0 Å². The topological polar surface area (TPSA) is 127 Å². The predicted molar refractivity (Wildman–Crippen MR) is 111 cm³/mol. The van der Waals surface area contributed by atoms with Gasteiger partial charge in [0.25, 0.3) is 5.91 Å². The summed E-state index contributed by atoms with van der Waals surface area (Å²) < 4.78 is 22.0. The van der Waals surface area contributed by atoms with Gasteiger partial charge < -0.3 is 24.0 Å². The van der Waals surface area contributed by atoms with E-state index in [1.807, 2.05) is 0 Å². The summed E-state index contributed by atoms with van der Waals surface area (Å²) in [7, 11) is 1.23. The van der Waals surface area contributed by atoms with E-state index in [0.717, 1.165) is 16.3 Å². The zero-order valence-corrected chi connectivity index (χ0v) is 17.4. The summed E-state index contributed by atoms with van der Waals surface area (Å²) in [6.45, 7) is 1.72. The summed E-state index contributed by atoms with van der Waals surface area (Å²) in [4.78, 5) is 39.0. The normalized spacial score (nSPS) is 16.3. The Morgan fingerprint density at radius 3 is 2.58 bits per heavy atom. The molecule has 0 saturated carbocycles. The van der Waals surface area contributed by atoms with Crippen LogP contribution in [0.2, 0.25) is 0 Å². The van der Waals surface area contributed by atoms with Crippen molar-refractivity contribution in [1.82, 2.24) is 4.57 Å². The first-order valence-electron chi connectivity index (χ1n) is 9.27. The molecule has 0 bridgehead atoms. The number of nitrogens with zero attached hydrogens (tertiary/aromatic N) is 1. The largest absolute Gasteiger partial charge is 0.468 e. The van der Waals surface area contributed by atoms with Crippen molar-refractivity contribution < 1.29 is 32.7 Å². The number of hydrogen-bond acceptors (Lipinski definition) is 9. The summed E-state index contributed by atoms with van der Waals surface area (Å²) in [5, 5.41) is -0.508. The van der Waals surface area contributed by atoms with Gasteiger partial charge in [0.05, 0.1) is 37.3 Å². The highest BCUT2D eigenvalue weighted by Crippen LogP contribution is 2.39. The second-order valence-electron chi connectivity index (χ2n) is 6.41. The van der Waals surface area contributed by atoms with Crippen molar-refractivity contribution in [2.75, 3.05) is 19.5 Å². The van der Waals surface area contributed by atoms with E-state index in [1.54, 1.807) is 37.3 Å². The lowest BCUT2D eigenvalue weighted by molar-refractivity contribution is -0.133. The second-order valence-corrected chi connectivity index (χ2v) is 7.53. The van der Waals surface area contributed by atoms with Crippen molar-refractivity contribution in [3.05, 3.63) is 64.6 Å². The minimum absolute atomic E-state index is 0.0136. The van der Waals surface area contributed by atoms with Crippen LogP contribution >= 0.6 is 11.8 Å². The van der Waals surface area contributed by atoms with Gasteiger partial charge in [0, 0.05) is 5.22 Å². The van der Waals surface area contributed by atoms with Gasteiger partial charge in [-0.1, -0.05) is 11.8 Å². The second kappa shape index (κ2) is 8.23. The van der Waals surface area contributed by atoms with Crippen LogP contribution in [0.4, 0.5) is 5.69 Å². The fourth-order valence-electron chi connectivity index (χ4n) is 3.31. The Balaban J connectivity index is 2.11. The van der Waals surface area contributed by atoms with Crippen LogP contribution in [0.15, 0.2) is 45.6 Å². The van der Waals surface area contributed by atoms with Gasteiger partial charge in [0.1, 0.15) is 21.7 Å². The molecule has 1 aliphatic heterocycles. The first kappa shape index (κ1) is 20.6. The van der Waals surface area contributed by atoms with Gasteiger partial charge in [-0.2, -0.15) is 0 Å². The maximum Gasteiger partial charge on any atom is 0.357 e. The molecule has 1 atom stereocenters. The molecule has 0 saturated heterocycles. The SMILES string of the molecule is CCOC(=O)c1c(N)c(=Cc2ccco2)c2n1C(=O)C(c1ccco1)SC=2C(=O)OC. The summed E-state index contributed by atoms with van der Waals surface area (Å²) in [5.74, 6) is -1.23. The Kier molecular flexibility index (Phi) is 5.47. The van der Waals surface area contributed by atoms with Gasteiger partial charge in [-0.15, -0.1) is 0 Å². The number of anilines is 1. The maximum absolute atomic E-state index is 13.5. The molecule has 0 aliphatic carbocycles. The van der Waals surface area contributed by atoms with E-state index in [4.69, 9.17) is 24.0 Å². The lowest BCUT2D eigenvalue weighted by atomic mass is 10.2. The third-order valence-electron chi connectivity index (χ3n) is 4.61. The number of rotatable bonds is 5. The summed E-state index contributed by atoms with van der Waals surface area (Å²) >= 11 is 0.966. The number of nitrogen functional groups attached to an aromatic ring is 1. The lowest BCUT2D eigenvalue weighted by Gasteiger charge is -2.21. The van der Waals surface area contributed by atoms with Crippen molar-refractivity contribution >= 4 is 46.3 Å². The Hall–Kier alpha value is -3.66. The van der Waals surface area contributed by atoms with Crippen molar-refractivity contribution in [2.45, 2.75) is 12.2 Å². The monoisotopic (exact) mass is 442 g/mol. The highest BCUT2D eigenvalue weighted by Gasteiger charge is 2.39. The zero-order chi connectivity index (χ0) is 22.1. The quantitative estimate of drug-likeness (QED) is 0.587. The molecule has 0 amide bonds. The van der Waals surface area contributed by atoms with Crippen LogP contribution in [0, 0.1) is 0 Å². The van der Waals surface area contributed by atoms with Gasteiger partial charge in [0.2, 0.25) is 0 Å². The first-order chi connectivity index (χ1) is 15.0. The van der Waals surface area contributed by atoms with Crippen molar-refractivity contribution in [2.24, 2.45) is 0 Å². The van der Waals surface area contributed by atoms with Gasteiger partial charge >= 0.3 is 11.9 Å². The van der Waals surface area contributed by atoms with Crippen LogP contribution in [-0.4, -0.2) is 36.1 Å². The molecule has 160 valence electrons. The van der Waals surface area contributed by atoms with Crippen molar-refractivity contribution in [3.8, 4) is 0 Å². The summed E-state index contributed by atoms with van der Waals surface area (Å²) in [5.41, 5.74) is 6.13. The Morgan fingerprint density at radius 2 is 1.97 bits per heavy atom. The lowest BCUT2D eigenvalue weighted by Crippen LogP contribution is -2.42. The molecule has 10 heteroatoms. The molecule has 0 radical (unpaired) electrons. The number of carbonyl (C=O) groups is 3. The van der Waals surface area contributed by atoms with E-state index in [1.165, 1.54) is 19.6 Å². The predicted octanol–water partition coefficient (Wildman–Crippen LogP) is 1.67. The van der Waals surface area contributed by atoms with Gasteiger partial charge in [0.15, 0.2) is 5.69 Å². The van der Waals surface area contributed by atoms with E-state index in [-0.39, 0.29) is 33.5 Å². The highest BCUT2D eigenvalue weighted by molar-refractivity contribution is 8.10. The molecule has 2 N–H and O–H groups in total. The van der Waals surface area contributed by atoms with Crippen LogP contribution in [0.25, 0.3) is 11.0 Å². The third-order valence-corrected chi connectivity index (χ3v) is 5.88. The number of hydrogen-bond donors (Lipinski definition) is 1. The number of esters is 2. The van der Waals surface area contributed by atoms with Gasteiger partial charge in [-0.05, 0) is 37.3 Å². The number of carbonyl (C=O) groups excluding carboxylic acids is 3. The van der Waals surface area contributed by atoms with Crippen LogP contribution in [0.1, 0.15) is 39.0 Å². The number of methoxy groups -OCH3 is 1. The molecule has 9 nitrogen and oxygen atoms in total. The minimum atomic E-state index is -0.923. The average Bonchev–Trinajstić information content (AvgIpc) is 3.51. The number of aromatic nitrogens is 1. The van der Waals surface area contributed by atoms with Crippen molar-refractivity contribution in [3.63, 3.8) is 0 Å². The van der Waals surface area contributed by atoms with E-state index < -0.39 is 23.1 Å². The number of nitrogens with two attached hydrogens (primary N) is 1. The highest BCUT2D eigenvalue weighted by atomic mass is 32.2. The zero-order valence-electron chi connectivity index (χ0n) is 16.6. The molecular formula is C21H18N2O7S. The molecule has 3 aromatic rings. The number of furan rings is 2. The Bertz CT molecular complexity index is 1270. The minimum Gasteiger partial charge on any atom is -0.468 e. The average molecular weight is 442 g/mol. The van der Waals surface area contributed by atoms with Crippen molar-refractivity contribution in [1.29, 1.82) is 0 Å². The van der Waals surface area contributed by atoms with E-state index in [2.05, 4.69) is 0 Å². The fourth-order valence-corrected chi connectivity index (χ4v) is 4.50. The molecule has 3 aromatic heterocycles. The molecule has 0 fully saturated rings. The first-order valence-corrected chi connectivity index (χ1v) is 10.1. The number of fused-ring (bicyclic) bond motifs is 1. The third kappa shape index (κ3) is 3.44. The fraction of sp³-hybridized carbons (Fsp3) is 0.190. The van der Waals surface area contributed by atoms with Crippen LogP contribution < -0.4 is 16.3 Å². The molecule has 0 spiro atoms. The van der Waals surface area contributed by atoms with Gasteiger partial charge in [-0.25, -0.2) is 9.59 Å². The van der Waals surface area contributed by atoms with E-state index in [9.17, 15) is 14.4 Å². The molecule has 0 aromatic carbocycles. The van der Waals surface area contributed by atoms with E-state index >= 15 is 0 Å². The summed E-state index contributed by atoms with van der Waals surface area (Å²) in [6.07, 6.45) is 4.44. The molecule has 31 heavy (non-hydrogen) atoms. The van der Waals surface area contributed by atoms with Crippen LogP contribution in [0.3, 0.4) is 0 Å². The molecule has 1 unspecified atom stereocenters. The molecular weight excluding hydrogens is 424 g/mol. The van der Waals surface area contributed by atoms with E-state index in [0.29, 0.717) is 11.5 Å². The molecule has 4 heterocycles. The number of thioether (sulfide) groups is 1. The maximum atomic E-state index is 13.5. The van der Waals surface area contributed by atoms with Crippen LogP contribution in [-0.2, 0) is 14.3 Å². The molecule has 1 aliphatic rings. The summed E-state index contributed by atoms with van der Waals surface area (Å²) in [6, 6.07) is 6.59. The number of ether oxygens (including phenoxy) is 2. The Morgan fingerprint density at radius 1 is 1.23 bits per heavy atom. The smallest absolute Gasteiger partial charge is 0.357 e. The Labute approximate surface area is 180 Å². The standard InChI is InChI=1S/C21H18N2O7S/c1-3-28-20(25)16-14(22)12(10-11-6-4-8-29-11)15-18(21(26)27-2)31-17(19(24)23(15)16)13-7-5-9-30-13/h4-10,17H,3,22H2,1-2H3. The van der Waals surface area contributed by atoms with Gasteiger partial charge in [-0.3, -0.25) is 9.36 Å².